The van der Waals surface area contributed by atoms with Gasteiger partial charge in [0.15, 0.2) is 0 Å². The van der Waals surface area contributed by atoms with Crippen LogP contribution in [0, 0.1) is 5.41 Å². The number of hydrogen-bond donors (Lipinski definition) is 2. The zero-order valence-electron chi connectivity index (χ0n) is 10.1. The van der Waals surface area contributed by atoms with Gasteiger partial charge < -0.3 is 15.4 Å². The van der Waals surface area contributed by atoms with Gasteiger partial charge in [-0.05, 0) is 18.3 Å². The fourth-order valence-electron chi connectivity index (χ4n) is 1.83. The van der Waals surface area contributed by atoms with Crippen molar-refractivity contribution >= 4 is 13.4 Å². The van der Waals surface area contributed by atoms with Crippen molar-refractivity contribution in [3.63, 3.8) is 0 Å². The second-order valence-corrected chi connectivity index (χ2v) is 5.33. The molecule has 1 fully saturated rings. The molecule has 91 valence electrons. The van der Waals surface area contributed by atoms with Gasteiger partial charge in [0.1, 0.15) is 0 Å². The molecule has 3 N–H and O–H groups in total. The molecule has 1 aliphatic rings. The molecule has 5 nitrogen and oxygen atoms in total. The molecular formula is C10H20BN2O3. The first kappa shape index (κ1) is 13.5. The maximum absolute atomic E-state index is 12.1. The highest BCUT2D eigenvalue weighted by atomic mass is 17.1. The predicted molar refractivity (Wildman–Crippen MR) is 61.6 cm³/mol. The van der Waals surface area contributed by atoms with Gasteiger partial charge in [0.05, 0.1) is 6.04 Å². The summed E-state index contributed by atoms with van der Waals surface area (Å²) in [4.78, 5) is 17.8. The molecule has 0 aromatic heterocycles. The molecule has 16 heavy (non-hydrogen) atoms. The smallest absolute Gasteiger partial charge is 0.343 e. The molecule has 0 aromatic rings. The van der Waals surface area contributed by atoms with E-state index in [4.69, 9.17) is 11.0 Å². The Morgan fingerprint density at radius 2 is 2.25 bits per heavy atom. The quantitative estimate of drug-likeness (QED) is 0.416. The van der Waals surface area contributed by atoms with Crippen LogP contribution in [0.1, 0.15) is 33.6 Å². The highest BCUT2D eigenvalue weighted by Gasteiger charge is 2.37. The number of carbonyl (C=O) groups is 1. The molecule has 1 amide bonds. The molecule has 1 saturated heterocycles. The van der Waals surface area contributed by atoms with Crippen LogP contribution in [0.4, 0.5) is 0 Å². The first-order chi connectivity index (χ1) is 7.38. The van der Waals surface area contributed by atoms with E-state index in [2.05, 4.69) is 4.81 Å². The number of rotatable bonds is 3. The third kappa shape index (κ3) is 2.96. The van der Waals surface area contributed by atoms with E-state index in [0.29, 0.717) is 6.54 Å². The minimum absolute atomic E-state index is 0.0803. The van der Waals surface area contributed by atoms with Crippen molar-refractivity contribution in [3.8, 4) is 0 Å². The third-order valence-corrected chi connectivity index (χ3v) is 3.00. The molecule has 0 saturated carbocycles. The van der Waals surface area contributed by atoms with E-state index in [1.54, 1.807) is 4.90 Å². The van der Waals surface area contributed by atoms with Crippen LogP contribution >= 0.6 is 0 Å². The summed E-state index contributed by atoms with van der Waals surface area (Å²) >= 11 is 0. The average molecular weight is 227 g/mol. The van der Waals surface area contributed by atoms with E-state index >= 15 is 0 Å². The topological polar surface area (TPSA) is 75.8 Å². The van der Waals surface area contributed by atoms with Gasteiger partial charge in [-0.15, -0.1) is 0 Å². The molecule has 2 atom stereocenters. The minimum atomic E-state index is -0.528. The lowest BCUT2D eigenvalue weighted by molar-refractivity contribution is -0.145. The third-order valence-electron chi connectivity index (χ3n) is 3.00. The molecule has 0 bridgehead atoms. The van der Waals surface area contributed by atoms with Gasteiger partial charge in [-0.2, -0.15) is 0 Å². The van der Waals surface area contributed by atoms with Gasteiger partial charge in [-0.1, -0.05) is 20.8 Å². The number of nitrogens with zero attached hydrogens (tertiary/aromatic N) is 1. The summed E-state index contributed by atoms with van der Waals surface area (Å²) in [5, 5.41) is 8.40. The summed E-state index contributed by atoms with van der Waals surface area (Å²) in [7, 11) is 1.28. The van der Waals surface area contributed by atoms with Crippen molar-refractivity contribution in [1.29, 1.82) is 0 Å². The minimum Gasteiger partial charge on any atom is -0.343 e. The second kappa shape index (κ2) is 5.16. The Bertz CT molecular complexity index is 255. The molecule has 0 aromatic carbocycles. The fraction of sp³-hybridized carbons (Fsp3) is 0.900. The van der Waals surface area contributed by atoms with Crippen molar-refractivity contribution in [2.45, 2.75) is 45.6 Å². The van der Waals surface area contributed by atoms with Crippen molar-refractivity contribution in [1.82, 2.24) is 4.90 Å². The summed E-state index contributed by atoms with van der Waals surface area (Å²) in [5.41, 5.74) is 5.66. The maximum atomic E-state index is 12.1. The van der Waals surface area contributed by atoms with Gasteiger partial charge in [0.2, 0.25) is 5.91 Å². The summed E-state index contributed by atoms with van der Waals surface area (Å²) in [6, 6.07) is -0.528. The normalized spacial score (nSPS) is 23.3. The summed E-state index contributed by atoms with van der Waals surface area (Å²) in [5.74, 6) is -0.241. The molecule has 0 aliphatic carbocycles. The second-order valence-electron chi connectivity index (χ2n) is 5.33. The lowest BCUT2D eigenvalue weighted by atomic mass is 9.83. The number of nitrogens with two attached hydrogens (primary N) is 1. The Labute approximate surface area is 97.1 Å². The average Bonchev–Trinajstić information content (AvgIpc) is 2.63. The molecule has 1 heterocycles. The van der Waals surface area contributed by atoms with E-state index in [1.807, 2.05) is 20.8 Å². The van der Waals surface area contributed by atoms with Crippen LogP contribution in [0.3, 0.4) is 0 Å². The van der Waals surface area contributed by atoms with E-state index in [9.17, 15) is 4.79 Å². The van der Waals surface area contributed by atoms with Gasteiger partial charge in [-0.3, -0.25) is 10.1 Å². The van der Waals surface area contributed by atoms with Crippen LogP contribution < -0.4 is 5.73 Å². The monoisotopic (exact) mass is 227 g/mol. The highest BCUT2D eigenvalue weighted by Crippen LogP contribution is 2.23. The summed E-state index contributed by atoms with van der Waals surface area (Å²) < 4.78 is 0. The molecule has 6 heteroatoms. The Kier molecular flexibility index (Phi) is 4.35. The Morgan fingerprint density at radius 3 is 2.75 bits per heavy atom. The van der Waals surface area contributed by atoms with E-state index in [-0.39, 0.29) is 17.3 Å². The van der Waals surface area contributed by atoms with Crippen LogP contribution in [0.15, 0.2) is 0 Å². The Morgan fingerprint density at radius 1 is 1.62 bits per heavy atom. The van der Waals surface area contributed by atoms with Crippen LogP contribution in [-0.4, -0.2) is 42.1 Å². The standard InChI is InChI=1S/C10H20BN2O3/c1-10(2,3)8(12)9(14)13-6-4-5-7(13)11-16-15/h7-8,15H,4-6,12H2,1-3H3. The lowest BCUT2D eigenvalue weighted by Gasteiger charge is -2.32. The number of hydrogen-bond acceptors (Lipinski definition) is 4. The zero-order chi connectivity index (χ0) is 12.3. The Hall–Kier alpha value is -0.585. The van der Waals surface area contributed by atoms with Crippen LogP contribution in [-0.2, 0) is 9.60 Å². The molecule has 0 spiro atoms. The first-order valence-corrected chi connectivity index (χ1v) is 5.57. The largest absolute Gasteiger partial charge is 0.368 e. The van der Waals surface area contributed by atoms with Crippen molar-refractivity contribution in [3.05, 3.63) is 0 Å². The zero-order valence-corrected chi connectivity index (χ0v) is 10.1. The summed E-state index contributed by atoms with van der Waals surface area (Å²) in [6.45, 7) is 6.49. The van der Waals surface area contributed by atoms with Crippen LogP contribution in [0.25, 0.3) is 0 Å². The van der Waals surface area contributed by atoms with Crippen molar-refractivity contribution < 1.29 is 14.9 Å². The lowest BCUT2D eigenvalue weighted by Crippen LogP contribution is -2.53. The molecule has 1 rings (SSSR count). The van der Waals surface area contributed by atoms with Crippen molar-refractivity contribution in [2.75, 3.05) is 6.54 Å². The molecule has 2 unspecified atom stereocenters. The van der Waals surface area contributed by atoms with Gasteiger partial charge >= 0.3 is 7.48 Å². The van der Waals surface area contributed by atoms with Gasteiger partial charge in [-0.25, -0.2) is 0 Å². The highest BCUT2D eigenvalue weighted by molar-refractivity contribution is 6.30. The molecular weight excluding hydrogens is 207 g/mol. The van der Waals surface area contributed by atoms with Gasteiger partial charge in [0, 0.05) is 12.5 Å². The molecule has 1 radical (unpaired) electrons. The Balaban J connectivity index is 2.66. The number of amides is 1. The first-order valence-electron chi connectivity index (χ1n) is 5.57. The van der Waals surface area contributed by atoms with Gasteiger partial charge in [0.25, 0.3) is 0 Å². The van der Waals surface area contributed by atoms with E-state index < -0.39 is 6.04 Å². The SMILES string of the molecule is CC(C)(C)C(N)C(=O)N1CCCC1[B]OO. The number of likely N-dealkylation sites (tertiary alicyclic amines) is 1. The van der Waals surface area contributed by atoms with Crippen molar-refractivity contribution in [2.24, 2.45) is 11.1 Å². The van der Waals surface area contributed by atoms with E-state index in [1.165, 1.54) is 7.48 Å². The van der Waals surface area contributed by atoms with Crippen LogP contribution in [0.5, 0.6) is 0 Å². The molecule has 1 aliphatic heterocycles. The number of carbonyl (C=O) groups excluding carboxylic acids is 1. The van der Waals surface area contributed by atoms with Crippen LogP contribution in [0.2, 0.25) is 0 Å². The predicted octanol–water partition coefficient (Wildman–Crippen LogP) is 0.417. The summed E-state index contributed by atoms with van der Waals surface area (Å²) in [6.07, 6.45) is 1.72. The fourth-order valence-corrected chi connectivity index (χ4v) is 1.83. The van der Waals surface area contributed by atoms with E-state index in [0.717, 1.165) is 12.8 Å². The maximum Gasteiger partial charge on any atom is 0.368 e.